The second kappa shape index (κ2) is 10.6. The summed E-state index contributed by atoms with van der Waals surface area (Å²) in [6, 6.07) is 7.82. The summed E-state index contributed by atoms with van der Waals surface area (Å²) in [5, 5.41) is 2.55. The number of anilines is 2. The van der Waals surface area contributed by atoms with Crippen molar-refractivity contribution in [3.8, 4) is 0 Å². The van der Waals surface area contributed by atoms with Crippen molar-refractivity contribution in [2.45, 2.75) is 42.5 Å². The van der Waals surface area contributed by atoms with Crippen molar-refractivity contribution in [2.75, 3.05) is 23.3 Å². The summed E-state index contributed by atoms with van der Waals surface area (Å²) in [7, 11) is -3.80. The molecule has 1 aromatic carbocycles. The molecule has 4 rings (SSSR count). The Kier molecular flexibility index (Phi) is 7.53. The van der Waals surface area contributed by atoms with Crippen molar-refractivity contribution in [2.24, 2.45) is 0 Å². The van der Waals surface area contributed by atoms with Crippen LogP contribution in [0.2, 0.25) is 0 Å². The first kappa shape index (κ1) is 25.5. The molecular weight excluding hydrogens is 495 g/mol. The molecule has 0 radical (unpaired) electrons. The van der Waals surface area contributed by atoms with E-state index in [2.05, 4.69) is 20.3 Å². The lowest BCUT2D eigenvalue weighted by Gasteiger charge is -2.24. The highest BCUT2D eigenvalue weighted by atomic mass is 32.2. The van der Waals surface area contributed by atoms with Crippen molar-refractivity contribution in [3.63, 3.8) is 0 Å². The molecule has 12 heteroatoms. The summed E-state index contributed by atoms with van der Waals surface area (Å²) in [6.07, 6.45) is 2.41. The predicted octanol–water partition coefficient (Wildman–Crippen LogP) is 4.50. The molecule has 0 spiro atoms. The molecule has 2 aromatic heterocycles. The number of halogens is 3. The number of nitrogens with one attached hydrogen (secondary N) is 1. The van der Waals surface area contributed by atoms with E-state index in [4.69, 9.17) is 0 Å². The van der Waals surface area contributed by atoms with E-state index in [9.17, 15) is 26.4 Å². The Bertz CT molecular complexity index is 1330. The Labute approximate surface area is 206 Å². The lowest BCUT2D eigenvalue weighted by molar-refractivity contribution is -0.137. The fraction of sp³-hybridized carbons (Fsp3) is 0.333. The standard InChI is InChI=1S/C24H24F3N5O3S/c25-24(26,27)17-12-21(22(29-14-17)32-10-3-1-2-4-11-32)23(33)31-18-6-5-7-20(13-18)36(34,35)15-19-8-9-28-16-30-19/h5-9,12-14,16H,1-4,10-11,15H2,(H,31,33). The number of rotatable bonds is 6. The van der Waals surface area contributed by atoms with E-state index in [1.54, 1.807) is 0 Å². The highest BCUT2D eigenvalue weighted by Gasteiger charge is 2.33. The predicted molar refractivity (Wildman–Crippen MR) is 127 cm³/mol. The van der Waals surface area contributed by atoms with Crippen LogP contribution in [0, 0.1) is 0 Å². The van der Waals surface area contributed by atoms with E-state index in [-0.39, 0.29) is 27.7 Å². The number of amides is 1. The Balaban J connectivity index is 1.62. The van der Waals surface area contributed by atoms with Crippen molar-refractivity contribution < 1.29 is 26.4 Å². The molecule has 0 atom stereocenters. The van der Waals surface area contributed by atoms with Crippen LogP contribution < -0.4 is 10.2 Å². The molecular formula is C24H24F3N5O3S. The number of aromatic nitrogens is 3. The highest BCUT2D eigenvalue weighted by Crippen LogP contribution is 2.32. The van der Waals surface area contributed by atoms with Crippen molar-refractivity contribution in [3.05, 3.63) is 71.9 Å². The average Bonchev–Trinajstić information content (AvgIpc) is 3.13. The molecule has 0 aliphatic carbocycles. The SMILES string of the molecule is O=C(Nc1cccc(S(=O)(=O)Cc2ccncn2)c1)c1cc(C(F)(F)F)cnc1N1CCCCCC1. The molecule has 190 valence electrons. The van der Waals surface area contributed by atoms with Crippen LogP contribution in [0.5, 0.6) is 0 Å². The highest BCUT2D eigenvalue weighted by molar-refractivity contribution is 7.90. The number of carbonyl (C=O) groups is 1. The van der Waals surface area contributed by atoms with Gasteiger partial charge in [0.1, 0.15) is 12.1 Å². The first-order valence-electron chi connectivity index (χ1n) is 11.3. The van der Waals surface area contributed by atoms with Gasteiger partial charge in [-0.15, -0.1) is 0 Å². The first-order valence-corrected chi connectivity index (χ1v) is 13.0. The number of nitrogens with zero attached hydrogens (tertiary/aromatic N) is 4. The molecule has 1 amide bonds. The summed E-state index contributed by atoms with van der Waals surface area (Å²) in [5.74, 6) is -1.00. The van der Waals surface area contributed by atoms with Crippen LogP contribution in [0.4, 0.5) is 24.7 Å². The molecule has 0 bridgehead atoms. The van der Waals surface area contributed by atoms with E-state index in [0.29, 0.717) is 18.8 Å². The van der Waals surface area contributed by atoms with E-state index in [1.807, 2.05) is 4.90 Å². The van der Waals surface area contributed by atoms with Crippen molar-refractivity contribution >= 4 is 27.2 Å². The van der Waals surface area contributed by atoms with Gasteiger partial charge in [-0.2, -0.15) is 13.2 Å². The van der Waals surface area contributed by atoms with Gasteiger partial charge in [0.05, 0.1) is 27.5 Å². The molecule has 3 heterocycles. The molecule has 8 nitrogen and oxygen atoms in total. The third-order valence-electron chi connectivity index (χ3n) is 5.78. The topological polar surface area (TPSA) is 105 Å². The number of alkyl halides is 3. The molecule has 1 saturated heterocycles. The van der Waals surface area contributed by atoms with Gasteiger partial charge in [-0.1, -0.05) is 18.9 Å². The summed E-state index contributed by atoms with van der Waals surface area (Å²) in [5.41, 5.74) is -0.826. The van der Waals surface area contributed by atoms with Crippen LogP contribution in [-0.2, 0) is 21.8 Å². The van der Waals surface area contributed by atoms with Gasteiger partial charge >= 0.3 is 6.18 Å². The molecule has 1 N–H and O–H groups in total. The van der Waals surface area contributed by atoms with Crippen LogP contribution >= 0.6 is 0 Å². The maximum absolute atomic E-state index is 13.4. The van der Waals surface area contributed by atoms with Crippen molar-refractivity contribution in [1.82, 2.24) is 15.0 Å². The molecule has 36 heavy (non-hydrogen) atoms. The number of hydrogen-bond acceptors (Lipinski definition) is 7. The monoisotopic (exact) mass is 519 g/mol. The minimum Gasteiger partial charge on any atom is -0.356 e. The van der Waals surface area contributed by atoms with E-state index in [1.165, 1.54) is 42.9 Å². The number of hydrogen-bond donors (Lipinski definition) is 1. The largest absolute Gasteiger partial charge is 0.417 e. The summed E-state index contributed by atoms with van der Waals surface area (Å²) >= 11 is 0. The van der Waals surface area contributed by atoms with Gasteiger partial charge in [0, 0.05) is 31.2 Å². The quantitative estimate of drug-likeness (QED) is 0.511. The molecule has 1 aliphatic rings. The lowest BCUT2D eigenvalue weighted by Crippen LogP contribution is -2.28. The maximum atomic E-state index is 13.4. The molecule has 1 fully saturated rings. The number of benzene rings is 1. The Morgan fingerprint density at radius 3 is 2.44 bits per heavy atom. The van der Waals surface area contributed by atoms with E-state index >= 15 is 0 Å². The zero-order chi connectivity index (χ0) is 25.8. The zero-order valence-corrected chi connectivity index (χ0v) is 20.0. The molecule has 0 unspecified atom stereocenters. The van der Waals surface area contributed by atoms with Crippen LogP contribution in [0.15, 0.2) is 60.0 Å². The second-order valence-electron chi connectivity index (χ2n) is 8.44. The Hall–Kier alpha value is -3.54. The van der Waals surface area contributed by atoms with E-state index < -0.39 is 27.5 Å². The third kappa shape index (κ3) is 6.17. The minimum atomic E-state index is -4.67. The summed E-state index contributed by atoms with van der Waals surface area (Å²) < 4.78 is 65.9. The Morgan fingerprint density at radius 1 is 1.03 bits per heavy atom. The van der Waals surface area contributed by atoms with Crippen LogP contribution in [0.3, 0.4) is 0 Å². The number of pyridine rings is 1. The number of sulfone groups is 1. The van der Waals surface area contributed by atoms with Crippen LogP contribution in [-0.4, -0.2) is 42.4 Å². The normalized spacial score (nSPS) is 14.8. The molecule has 3 aromatic rings. The molecule has 1 aliphatic heterocycles. The average molecular weight is 520 g/mol. The van der Waals surface area contributed by atoms with Gasteiger partial charge in [-0.3, -0.25) is 4.79 Å². The van der Waals surface area contributed by atoms with Gasteiger partial charge in [0.25, 0.3) is 5.91 Å². The maximum Gasteiger partial charge on any atom is 0.417 e. The summed E-state index contributed by atoms with van der Waals surface area (Å²) in [6.45, 7) is 1.16. The first-order chi connectivity index (χ1) is 17.1. The van der Waals surface area contributed by atoms with Crippen LogP contribution in [0.25, 0.3) is 0 Å². The fourth-order valence-corrected chi connectivity index (χ4v) is 5.28. The van der Waals surface area contributed by atoms with Gasteiger partial charge in [-0.05, 0) is 43.2 Å². The Morgan fingerprint density at radius 2 is 1.78 bits per heavy atom. The lowest BCUT2D eigenvalue weighted by atomic mass is 10.1. The zero-order valence-electron chi connectivity index (χ0n) is 19.2. The van der Waals surface area contributed by atoms with Gasteiger partial charge < -0.3 is 10.2 Å². The minimum absolute atomic E-state index is 0.0613. The fourth-order valence-electron chi connectivity index (χ4n) is 3.96. The second-order valence-corrected chi connectivity index (χ2v) is 10.4. The summed E-state index contributed by atoms with van der Waals surface area (Å²) in [4.78, 5) is 26.6. The van der Waals surface area contributed by atoms with Gasteiger partial charge in [0.15, 0.2) is 9.84 Å². The van der Waals surface area contributed by atoms with Crippen LogP contribution in [0.1, 0.15) is 47.3 Å². The van der Waals surface area contributed by atoms with Gasteiger partial charge in [0.2, 0.25) is 0 Å². The van der Waals surface area contributed by atoms with Gasteiger partial charge in [-0.25, -0.2) is 23.4 Å². The van der Waals surface area contributed by atoms with Crippen molar-refractivity contribution in [1.29, 1.82) is 0 Å². The van der Waals surface area contributed by atoms with E-state index in [0.717, 1.165) is 37.9 Å². The molecule has 0 saturated carbocycles. The third-order valence-corrected chi connectivity index (χ3v) is 7.42. The smallest absolute Gasteiger partial charge is 0.356 e. The number of carbonyl (C=O) groups excluding carboxylic acids is 1.